The molecule has 0 spiro atoms. The molecule has 1 saturated heterocycles. The van der Waals surface area contributed by atoms with E-state index in [-0.39, 0.29) is 6.29 Å². The van der Waals surface area contributed by atoms with Crippen LogP contribution in [0.15, 0.2) is 18.2 Å². The van der Waals surface area contributed by atoms with Crippen molar-refractivity contribution in [3.8, 4) is 0 Å². The van der Waals surface area contributed by atoms with E-state index in [0.29, 0.717) is 22.6 Å². The Balaban J connectivity index is 1.91. The van der Waals surface area contributed by atoms with Gasteiger partial charge in [0.15, 0.2) is 6.29 Å². The third-order valence-corrected chi connectivity index (χ3v) is 3.20. The van der Waals surface area contributed by atoms with Gasteiger partial charge in [0.25, 0.3) is 0 Å². The fraction of sp³-hybridized carbons (Fsp3) is 0.500. The van der Waals surface area contributed by atoms with E-state index in [1.807, 2.05) is 6.07 Å². The fourth-order valence-corrected chi connectivity index (χ4v) is 2.06. The Hall–Kier alpha value is -0.280. The zero-order valence-corrected chi connectivity index (χ0v) is 10.6. The van der Waals surface area contributed by atoms with Crippen LogP contribution in [-0.2, 0) is 16.1 Å². The Bertz CT molecular complexity index is 368. The summed E-state index contributed by atoms with van der Waals surface area (Å²) in [5, 5.41) is 1.35. The molecular formula is C12H14Cl2O2. The standard InChI is InChI=1S/C12H14Cl2O2/c1-8-4-12(15-6-8)16-7-9-5-10(13)2-3-11(9)14/h2-3,5,8,12H,4,6-7H2,1H3/t8-,12?/m1/s1. The maximum absolute atomic E-state index is 6.03. The Morgan fingerprint density at radius 1 is 1.44 bits per heavy atom. The van der Waals surface area contributed by atoms with Gasteiger partial charge in [-0.1, -0.05) is 30.1 Å². The SMILES string of the molecule is C[C@H]1COC(OCc2cc(Cl)ccc2Cl)C1. The second-order valence-electron chi connectivity index (χ2n) is 4.15. The summed E-state index contributed by atoms with van der Waals surface area (Å²) < 4.78 is 11.1. The van der Waals surface area contributed by atoms with Gasteiger partial charge in [-0.25, -0.2) is 0 Å². The number of ether oxygens (including phenoxy) is 2. The van der Waals surface area contributed by atoms with Crippen molar-refractivity contribution < 1.29 is 9.47 Å². The zero-order chi connectivity index (χ0) is 11.5. The van der Waals surface area contributed by atoms with Crippen LogP contribution < -0.4 is 0 Å². The van der Waals surface area contributed by atoms with Gasteiger partial charge in [0, 0.05) is 16.5 Å². The molecule has 1 aliphatic rings. The molecular weight excluding hydrogens is 247 g/mol. The topological polar surface area (TPSA) is 18.5 Å². The van der Waals surface area contributed by atoms with Crippen LogP contribution in [0.25, 0.3) is 0 Å². The van der Waals surface area contributed by atoms with Crippen LogP contribution in [0, 0.1) is 5.92 Å². The van der Waals surface area contributed by atoms with E-state index in [9.17, 15) is 0 Å². The molecule has 0 saturated carbocycles. The highest BCUT2D eigenvalue weighted by Crippen LogP contribution is 2.24. The summed E-state index contributed by atoms with van der Waals surface area (Å²) in [6.07, 6.45) is 0.836. The molecule has 1 heterocycles. The lowest BCUT2D eigenvalue weighted by atomic mass is 10.1. The summed E-state index contributed by atoms with van der Waals surface area (Å²) in [6, 6.07) is 5.37. The van der Waals surface area contributed by atoms with Gasteiger partial charge in [0.2, 0.25) is 0 Å². The zero-order valence-electron chi connectivity index (χ0n) is 9.08. The highest BCUT2D eigenvalue weighted by Gasteiger charge is 2.22. The second-order valence-corrected chi connectivity index (χ2v) is 4.99. The first-order valence-corrected chi connectivity index (χ1v) is 6.08. The van der Waals surface area contributed by atoms with Crippen molar-refractivity contribution in [2.75, 3.05) is 6.61 Å². The van der Waals surface area contributed by atoms with Crippen molar-refractivity contribution in [2.24, 2.45) is 5.92 Å². The summed E-state index contributed by atoms with van der Waals surface area (Å²) in [7, 11) is 0. The van der Waals surface area contributed by atoms with Crippen molar-refractivity contribution in [3.63, 3.8) is 0 Å². The molecule has 1 aromatic carbocycles. The predicted molar refractivity (Wildman–Crippen MR) is 64.8 cm³/mol. The van der Waals surface area contributed by atoms with Gasteiger partial charge in [0.1, 0.15) is 0 Å². The largest absolute Gasteiger partial charge is 0.352 e. The Kier molecular flexibility index (Phi) is 4.09. The maximum atomic E-state index is 6.03. The normalized spacial score (nSPS) is 24.9. The van der Waals surface area contributed by atoms with E-state index in [1.54, 1.807) is 12.1 Å². The molecule has 1 unspecified atom stereocenters. The summed E-state index contributed by atoms with van der Waals surface area (Å²) in [5.74, 6) is 0.569. The molecule has 1 aliphatic heterocycles. The summed E-state index contributed by atoms with van der Waals surface area (Å²) >= 11 is 11.9. The Morgan fingerprint density at radius 2 is 2.25 bits per heavy atom. The van der Waals surface area contributed by atoms with Crippen LogP contribution in [0.3, 0.4) is 0 Å². The third-order valence-electron chi connectivity index (χ3n) is 2.59. The van der Waals surface area contributed by atoms with Gasteiger partial charge in [-0.2, -0.15) is 0 Å². The summed E-state index contributed by atoms with van der Waals surface area (Å²) in [6.45, 7) is 3.36. The van der Waals surface area contributed by atoms with Gasteiger partial charge in [-0.3, -0.25) is 0 Å². The monoisotopic (exact) mass is 260 g/mol. The number of benzene rings is 1. The Labute approximate surface area is 105 Å². The minimum atomic E-state index is -0.106. The van der Waals surface area contributed by atoms with E-state index >= 15 is 0 Å². The van der Waals surface area contributed by atoms with Crippen LogP contribution in [0.4, 0.5) is 0 Å². The summed E-state index contributed by atoms with van der Waals surface area (Å²) in [4.78, 5) is 0. The number of hydrogen-bond acceptors (Lipinski definition) is 2. The molecule has 1 aromatic rings. The van der Waals surface area contributed by atoms with E-state index in [1.165, 1.54) is 0 Å². The molecule has 0 aromatic heterocycles. The predicted octanol–water partition coefficient (Wildman–Crippen LogP) is 3.89. The smallest absolute Gasteiger partial charge is 0.158 e. The lowest BCUT2D eigenvalue weighted by Crippen LogP contribution is -2.10. The molecule has 1 fully saturated rings. The van der Waals surface area contributed by atoms with E-state index in [4.69, 9.17) is 32.7 Å². The first-order chi connectivity index (χ1) is 7.65. The van der Waals surface area contributed by atoms with Crippen molar-refractivity contribution in [1.82, 2.24) is 0 Å². The molecule has 2 nitrogen and oxygen atoms in total. The number of hydrogen-bond donors (Lipinski definition) is 0. The van der Waals surface area contributed by atoms with Crippen LogP contribution in [0.5, 0.6) is 0 Å². The van der Waals surface area contributed by atoms with E-state index in [2.05, 4.69) is 6.92 Å². The van der Waals surface area contributed by atoms with E-state index < -0.39 is 0 Å². The van der Waals surface area contributed by atoms with Crippen LogP contribution in [0.2, 0.25) is 10.0 Å². The molecule has 0 bridgehead atoms. The summed E-state index contributed by atoms with van der Waals surface area (Å²) in [5.41, 5.74) is 0.900. The first kappa shape index (κ1) is 12.2. The lowest BCUT2D eigenvalue weighted by Gasteiger charge is -2.12. The van der Waals surface area contributed by atoms with Gasteiger partial charge in [-0.15, -0.1) is 0 Å². The molecule has 0 radical (unpaired) electrons. The molecule has 88 valence electrons. The molecule has 2 rings (SSSR count). The van der Waals surface area contributed by atoms with Crippen molar-refractivity contribution >= 4 is 23.2 Å². The third kappa shape index (κ3) is 3.11. The van der Waals surface area contributed by atoms with Crippen LogP contribution in [-0.4, -0.2) is 12.9 Å². The molecule has 0 aliphatic carbocycles. The van der Waals surface area contributed by atoms with Gasteiger partial charge >= 0.3 is 0 Å². The van der Waals surface area contributed by atoms with Gasteiger partial charge < -0.3 is 9.47 Å². The molecule has 0 amide bonds. The lowest BCUT2D eigenvalue weighted by molar-refractivity contribution is -0.118. The first-order valence-electron chi connectivity index (χ1n) is 5.32. The minimum Gasteiger partial charge on any atom is -0.352 e. The van der Waals surface area contributed by atoms with Crippen molar-refractivity contribution in [1.29, 1.82) is 0 Å². The quantitative estimate of drug-likeness (QED) is 0.821. The number of rotatable bonds is 3. The van der Waals surface area contributed by atoms with Crippen LogP contribution in [0.1, 0.15) is 18.9 Å². The highest BCUT2D eigenvalue weighted by atomic mass is 35.5. The van der Waals surface area contributed by atoms with Crippen molar-refractivity contribution in [2.45, 2.75) is 26.2 Å². The highest BCUT2D eigenvalue weighted by molar-refractivity contribution is 6.33. The van der Waals surface area contributed by atoms with Crippen molar-refractivity contribution in [3.05, 3.63) is 33.8 Å². The Morgan fingerprint density at radius 3 is 2.94 bits per heavy atom. The average Bonchev–Trinajstić information content (AvgIpc) is 2.66. The van der Waals surface area contributed by atoms with Gasteiger partial charge in [-0.05, 0) is 29.7 Å². The minimum absolute atomic E-state index is 0.106. The average molecular weight is 261 g/mol. The second kappa shape index (κ2) is 5.37. The molecule has 4 heteroatoms. The van der Waals surface area contributed by atoms with E-state index in [0.717, 1.165) is 18.6 Å². The molecule has 2 atom stereocenters. The molecule has 16 heavy (non-hydrogen) atoms. The molecule has 0 N–H and O–H groups in total. The fourth-order valence-electron chi connectivity index (χ4n) is 1.69. The maximum Gasteiger partial charge on any atom is 0.158 e. The van der Waals surface area contributed by atoms with Gasteiger partial charge in [0.05, 0.1) is 13.2 Å². The van der Waals surface area contributed by atoms with Crippen LogP contribution >= 0.6 is 23.2 Å². The number of halogens is 2.